The molecule has 1 aliphatic carbocycles. The quantitative estimate of drug-likeness (QED) is 0.840. The van der Waals surface area contributed by atoms with Crippen LogP contribution >= 0.6 is 24.8 Å². The number of nitrogens with zero attached hydrogens (tertiary/aromatic N) is 1. The van der Waals surface area contributed by atoms with Crippen molar-refractivity contribution < 1.29 is 20.4 Å². The molecule has 142 valence electrons. The van der Waals surface area contributed by atoms with Crippen LogP contribution < -0.4 is 15.2 Å². The first kappa shape index (κ1) is 23.7. The van der Waals surface area contributed by atoms with Gasteiger partial charge in [-0.25, -0.2) is 0 Å². The topological polar surface area (TPSA) is 120 Å². The Balaban J connectivity index is 0.00000144. The number of aryl methyl sites for hydroxylation is 1. The largest absolute Gasteiger partial charge is 0.486 e. The minimum atomic E-state index is -0.0506. The number of fused-ring (bicyclic) bond motifs is 3. The molecule has 0 radical (unpaired) electrons. The van der Waals surface area contributed by atoms with Crippen molar-refractivity contribution in [2.75, 3.05) is 6.61 Å². The van der Waals surface area contributed by atoms with E-state index in [4.69, 9.17) is 15.2 Å². The van der Waals surface area contributed by atoms with Gasteiger partial charge in [-0.05, 0) is 50.5 Å². The number of hydrogen-bond donors (Lipinski definition) is 1. The third-order valence-electron chi connectivity index (χ3n) is 4.62. The summed E-state index contributed by atoms with van der Waals surface area (Å²) < 4.78 is 12.1. The Morgan fingerprint density at radius 3 is 2.52 bits per heavy atom. The minimum absolute atomic E-state index is 0. The van der Waals surface area contributed by atoms with Gasteiger partial charge in [0, 0.05) is 23.0 Å². The van der Waals surface area contributed by atoms with Crippen LogP contribution in [0.15, 0.2) is 24.3 Å². The molecule has 1 saturated carbocycles. The summed E-state index contributed by atoms with van der Waals surface area (Å²) in [4.78, 5) is 4.55. The zero-order valence-electron chi connectivity index (χ0n) is 14.1. The fourth-order valence-electron chi connectivity index (χ4n) is 3.27. The van der Waals surface area contributed by atoms with Gasteiger partial charge in [-0.15, -0.1) is 24.8 Å². The molecule has 8 heteroatoms. The Bertz CT molecular complexity index is 710. The lowest BCUT2D eigenvalue weighted by molar-refractivity contribution is 0.0517. The van der Waals surface area contributed by atoms with E-state index in [1.807, 2.05) is 25.1 Å². The van der Waals surface area contributed by atoms with Crippen LogP contribution in [-0.4, -0.2) is 34.2 Å². The van der Waals surface area contributed by atoms with Gasteiger partial charge in [-0.3, -0.25) is 4.98 Å². The van der Waals surface area contributed by atoms with Crippen LogP contribution in [0.25, 0.3) is 10.9 Å². The highest BCUT2D eigenvalue weighted by molar-refractivity contribution is 5.88. The van der Waals surface area contributed by atoms with E-state index in [0.29, 0.717) is 6.61 Å². The molecular formula is C17H26Cl2N2O4. The molecule has 0 saturated heterocycles. The molecular weight excluding hydrogens is 367 g/mol. The molecule has 0 amide bonds. The van der Waals surface area contributed by atoms with Gasteiger partial charge in [0.1, 0.15) is 12.7 Å². The molecule has 6 N–H and O–H groups in total. The van der Waals surface area contributed by atoms with Gasteiger partial charge < -0.3 is 26.2 Å². The van der Waals surface area contributed by atoms with Gasteiger partial charge in [0.2, 0.25) is 0 Å². The molecule has 1 aromatic carbocycles. The van der Waals surface area contributed by atoms with E-state index in [0.717, 1.165) is 47.4 Å². The normalized spacial score (nSPS) is 19.2. The number of aromatic nitrogens is 1. The summed E-state index contributed by atoms with van der Waals surface area (Å²) in [5, 5.41) is 1.02. The first-order valence-electron chi connectivity index (χ1n) is 7.62. The summed E-state index contributed by atoms with van der Waals surface area (Å²) in [5.74, 6) is 1.63. The third kappa shape index (κ3) is 4.46. The van der Waals surface area contributed by atoms with Crippen molar-refractivity contribution in [3.05, 3.63) is 30.0 Å². The minimum Gasteiger partial charge on any atom is -0.486 e. The molecule has 1 aromatic heterocycles. The summed E-state index contributed by atoms with van der Waals surface area (Å²) in [6.45, 7) is 2.57. The average Bonchev–Trinajstić information content (AvgIpc) is 2.45. The molecule has 0 bridgehead atoms. The lowest BCUT2D eigenvalue weighted by Gasteiger charge is -2.41. The van der Waals surface area contributed by atoms with Gasteiger partial charge in [0.25, 0.3) is 0 Å². The Labute approximate surface area is 159 Å². The zero-order chi connectivity index (χ0) is 14.4. The van der Waals surface area contributed by atoms with E-state index in [9.17, 15) is 0 Å². The molecule has 6 nitrogen and oxygen atoms in total. The number of pyridine rings is 1. The van der Waals surface area contributed by atoms with Gasteiger partial charge in [0.15, 0.2) is 11.5 Å². The monoisotopic (exact) mass is 392 g/mol. The maximum Gasteiger partial charge on any atom is 0.171 e. The number of halogens is 2. The number of benzene rings is 1. The lowest BCUT2D eigenvalue weighted by Crippen LogP contribution is -2.51. The Kier molecular flexibility index (Phi) is 8.41. The summed E-state index contributed by atoms with van der Waals surface area (Å²) in [6.07, 6.45) is 4.32. The molecule has 1 fully saturated rings. The number of nitrogens with two attached hydrogens (primary N) is 1. The van der Waals surface area contributed by atoms with Gasteiger partial charge in [0.05, 0.1) is 5.52 Å². The van der Waals surface area contributed by atoms with Crippen LogP contribution in [0.3, 0.4) is 0 Å². The fourth-order valence-corrected chi connectivity index (χ4v) is 3.27. The van der Waals surface area contributed by atoms with E-state index >= 15 is 0 Å². The second-order valence-corrected chi connectivity index (χ2v) is 6.38. The number of rotatable bonds is 2. The van der Waals surface area contributed by atoms with E-state index in [1.54, 1.807) is 0 Å². The van der Waals surface area contributed by atoms with Crippen molar-refractivity contribution in [3.8, 4) is 11.5 Å². The van der Waals surface area contributed by atoms with Crippen LogP contribution in [0, 0.1) is 6.92 Å². The van der Waals surface area contributed by atoms with Gasteiger partial charge in [-0.2, -0.15) is 0 Å². The van der Waals surface area contributed by atoms with E-state index in [2.05, 4.69) is 11.1 Å². The highest BCUT2D eigenvalue weighted by Gasteiger charge is 2.37. The average molecular weight is 393 g/mol. The Hall–Kier alpha value is -1.31. The zero-order valence-corrected chi connectivity index (χ0v) is 15.7. The number of ether oxygens (including phenoxy) is 2. The van der Waals surface area contributed by atoms with E-state index < -0.39 is 0 Å². The summed E-state index contributed by atoms with van der Waals surface area (Å²) in [7, 11) is 0. The van der Waals surface area contributed by atoms with E-state index in [1.165, 1.54) is 6.42 Å². The predicted octanol–water partition coefficient (Wildman–Crippen LogP) is 2.15. The second-order valence-electron chi connectivity index (χ2n) is 6.38. The molecule has 2 aliphatic rings. The summed E-state index contributed by atoms with van der Waals surface area (Å²) >= 11 is 0. The molecule has 0 unspecified atom stereocenters. The van der Waals surface area contributed by atoms with Crippen LogP contribution in [0.2, 0.25) is 0 Å². The standard InChI is InChI=1S/C17H20N2O2.2ClH.2H2O/c1-11-3-4-13-14(19-11)5-6-15-16(13)21-12(10-20-15)9-17(18)7-2-8-17;;;;/h3-6,12H,2,7-10,18H2,1H3;2*1H;2*1H2/t12-;;;;/m0..../s1. The van der Waals surface area contributed by atoms with Crippen molar-refractivity contribution >= 4 is 35.7 Å². The SMILES string of the molecule is Cc1ccc2c3c(ccc2n1)OC[C@H](CC1(N)CCC1)O3.Cl.Cl.O.O. The smallest absolute Gasteiger partial charge is 0.171 e. The summed E-state index contributed by atoms with van der Waals surface area (Å²) in [5.41, 5.74) is 8.24. The molecule has 1 aliphatic heterocycles. The number of hydrogen-bond acceptors (Lipinski definition) is 4. The lowest BCUT2D eigenvalue weighted by atomic mass is 9.74. The highest BCUT2D eigenvalue weighted by Crippen LogP contribution is 2.41. The second kappa shape index (κ2) is 8.87. The van der Waals surface area contributed by atoms with Gasteiger partial charge >= 0.3 is 0 Å². The predicted molar refractivity (Wildman–Crippen MR) is 104 cm³/mol. The molecule has 25 heavy (non-hydrogen) atoms. The van der Waals surface area contributed by atoms with Crippen molar-refractivity contribution in [1.82, 2.24) is 4.98 Å². The van der Waals surface area contributed by atoms with Gasteiger partial charge in [-0.1, -0.05) is 0 Å². The first-order chi connectivity index (χ1) is 10.1. The maximum atomic E-state index is 6.34. The van der Waals surface area contributed by atoms with Crippen molar-refractivity contribution in [2.45, 2.75) is 44.2 Å². The summed E-state index contributed by atoms with van der Waals surface area (Å²) in [6, 6.07) is 8.00. The Morgan fingerprint density at radius 2 is 1.88 bits per heavy atom. The molecule has 4 rings (SSSR count). The van der Waals surface area contributed by atoms with Crippen molar-refractivity contribution in [1.29, 1.82) is 0 Å². The third-order valence-corrected chi connectivity index (χ3v) is 4.62. The van der Waals surface area contributed by atoms with Crippen molar-refractivity contribution in [2.24, 2.45) is 5.73 Å². The first-order valence-corrected chi connectivity index (χ1v) is 7.62. The van der Waals surface area contributed by atoms with Crippen LogP contribution in [0.5, 0.6) is 11.5 Å². The van der Waals surface area contributed by atoms with Crippen LogP contribution in [0.1, 0.15) is 31.4 Å². The van der Waals surface area contributed by atoms with Crippen LogP contribution in [0.4, 0.5) is 0 Å². The van der Waals surface area contributed by atoms with E-state index in [-0.39, 0.29) is 47.4 Å². The maximum absolute atomic E-state index is 6.34. The van der Waals surface area contributed by atoms with Crippen molar-refractivity contribution in [3.63, 3.8) is 0 Å². The molecule has 1 atom stereocenters. The van der Waals surface area contributed by atoms with Crippen LogP contribution in [-0.2, 0) is 0 Å². The molecule has 2 aromatic rings. The Morgan fingerprint density at radius 1 is 1.16 bits per heavy atom. The molecule has 0 spiro atoms. The molecule has 2 heterocycles. The fraction of sp³-hybridized carbons (Fsp3) is 0.471. The highest BCUT2D eigenvalue weighted by atomic mass is 35.5.